The minimum Gasteiger partial charge on any atom is -0.342 e. The number of fused-ring (bicyclic) bond motifs is 1. The van der Waals surface area contributed by atoms with Crippen molar-refractivity contribution in [3.8, 4) is 0 Å². The molecule has 0 aliphatic carbocycles. The third kappa shape index (κ3) is 3.03. The fraction of sp³-hybridized carbons (Fsp3) is 0.312. The molecule has 2 aromatic heterocycles. The second-order valence-electron chi connectivity index (χ2n) is 5.83. The lowest BCUT2D eigenvalue weighted by Crippen LogP contribution is -2.29. The predicted molar refractivity (Wildman–Crippen MR) is 87.8 cm³/mol. The van der Waals surface area contributed by atoms with Crippen LogP contribution < -0.4 is 5.32 Å². The third-order valence-electron chi connectivity index (χ3n) is 4.11. The van der Waals surface area contributed by atoms with Gasteiger partial charge in [0.15, 0.2) is 11.5 Å². The standard InChI is InChI=1S/C16H17N7O/c24-16(22-9-1-2-10-22)11-12-3-5-13(6-4-12)17-14-7-8-15-18-20-21-23(15)19-14/h3-8H,1-2,9-11H2,(H,17,19). The predicted octanol–water partition coefficient (Wildman–Crippen LogP) is 1.43. The van der Waals surface area contributed by atoms with Gasteiger partial charge in [-0.3, -0.25) is 4.79 Å². The summed E-state index contributed by atoms with van der Waals surface area (Å²) in [5, 5.41) is 18.6. The van der Waals surface area contributed by atoms with E-state index >= 15 is 0 Å². The number of nitrogens with one attached hydrogen (secondary N) is 1. The van der Waals surface area contributed by atoms with E-state index in [2.05, 4.69) is 25.9 Å². The van der Waals surface area contributed by atoms with E-state index in [9.17, 15) is 4.79 Å². The molecule has 1 saturated heterocycles. The molecule has 0 radical (unpaired) electrons. The zero-order valence-electron chi connectivity index (χ0n) is 13.1. The second kappa shape index (κ2) is 6.23. The van der Waals surface area contributed by atoms with E-state index in [1.165, 1.54) is 4.63 Å². The molecule has 1 aromatic carbocycles. The molecular weight excluding hydrogens is 306 g/mol. The van der Waals surface area contributed by atoms with E-state index in [1.807, 2.05) is 35.2 Å². The van der Waals surface area contributed by atoms with Crippen molar-refractivity contribution in [1.82, 2.24) is 30.2 Å². The number of anilines is 2. The van der Waals surface area contributed by atoms with Gasteiger partial charge in [-0.25, -0.2) is 0 Å². The SMILES string of the molecule is O=C(Cc1ccc(Nc2ccc3nnnn3n2)cc1)N1CCCC1. The lowest BCUT2D eigenvalue weighted by molar-refractivity contribution is -0.129. The molecule has 24 heavy (non-hydrogen) atoms. The largest absolute Gasteiger partial charge is 0.342 e. The average Bonchev–Trinajstić information content (AvgIpc) is 3.27. The van der Waals surface area contributed by atoms with Gasteiger partial charge in [-0.1, -0.05) is 12.1 Å². The highest BCUT2D eigenvalue weighted by Gasteiger charge is 2.17. The van der Waals surface area contributed by atoms with E-state index in [0.29, 0.717) is 17.9 Å². The van der Waals surface area contributed by atoms with Crippen LogP contribution in [0.25, 0.3) is 5.65 Å². The summed E-state index contributed by atoms with van der Waals surface area (Å²) in [4.78, 5) is 14.1. The summed E-state index contributed by atoms with van der Waals surface area (Å²) in [6.45, 7) is 1.79. The molecule has 0 spiro atoms. The van der Waals surface area contributed by atoms with Gasteiger partial charge in [0.1, 0.15) is 0 Å². The first kappa shape index (κ1) is 14.6. The number of hydrogen-bond donors (Lipinski definition) is 1. The molecule has 4 rings (SSSR count). The summed E-state index contributed by atoms with van der Waals surface area (Å²) in [5.41, 5.74) is 2.50. The molecule has 3 aromatic rings. The monoisotopic (exact) mass is 323 g/mol. The molecule has 1 aliphatic heterocycles. The average molecular weight is 323 g/mol. The molecule has 3 heterocycles. The zero-order valence-corrected chi connectivity index (χ0v) is 13.1. The molecule has 0 saturated carbocycles. The minimum absolute atomic E-state index is 0.207. The van der Waals surface area contributed by atoms with Crippen LogP contribution in [0.15, 0.2) is 36.4 Å². The molecule has 1 amide bonds. The Hall–Kier alpha value is -3.03. The first-order chi connectivity index (χ1) is 11.8. The van der Waals surface area contributed by atoms with Crippen molar-refractivity contribution < 1.29 is 4.79 Å². The lowest BCUT2D eigenvalue weighted by Gasteiger charge is -2.15. The van der Waals surface area contributed by atoms with Crippen molar-refractivity contribution in [2.24, 2.45) is 0 Å². The maximum atomic E-state index is 12.2. The smallest absolute Gasteiger partial charge is 0.226 e. The Morgan fingerprint density at radius 3 is 2.67 bits per heavy atom. The first-order valence-corrected chi connectivity index (χ1v) is 7.97. The van der Waals surface area contributed by atoms with Crippen LogP contribution in [0.3, 0.4) is 0 Å². The zero-order chi connectivity index (χ0) is 16.4. The quantitative estimate of drug-likeness (QED) is 0.781. The van der Waals surface area contributed by atoms with Gasteiger partial charge in [-0.05, 0) is 53.1 Å². The summed E-state index contributed by atoms with van der Waals surface area (Å²) in [6.07, 6.45) is 2.69. The third-order valence-corrected chi connectivity index (χ3v) is 4.11. The topological polar surface area (TPSA) is 88.3 Å². The van der Waals surface area contributed by atoms with E-state index in [4.69, 9.17) is 0 Å². The number of benzene rings is 1. The van der Waals surface area contributed by atoms with Crippen LogP contribution in [-0.2, 0) is 11.2 Å². The van der Waals surface area contributed by atoms with E-state index in [1.54, 1.807) is 6.07 Å². The van der Waals surface area contributed by atoms with Crippen molar-refractivity contribution in [2.45, 2.75) is 19.3 Å². The van der Waals surface area contributed by atoms with Crippen LogP contribution in [0.1, 0.15) is 18.4 Å². The molecule has 0 bridgehead atoms. The Balaban J connectivity index is 1.42. The Labute approximate surface area is 138 Å². The van der Waals surface area contributed by atoms with Crippen molar-refractivity contribution in [3.63, 3.8) is 0 Å². The highest BCUT2D eigenvalue weighted by Crippen LogP contribution is 2.17. The second-order valence-corrected chi connectivity index (χ2v) is 5.83. The maximum Gasteiger partial charge on any atom is 0.226 e. The van der Waals surface area contributed by atoms with Gasteiger partial charge in [0, 0.05) is 18.8 Å². The van der Waals surface area contributed by atoms with Crippen molar-refractivity contribution in [2.75, 3.05) is 18.4 Å². The molecule has 1 aliphatic rings. The fourth-order valence-electron chi connectivity index (χ4n) is 2.82. The Kier molecular flexibility index (Phi) is 3.78. The van der Waals surface area contributed by atoms with E-state index in [0.717, 1.165) is 37.2 Å². The number of nitrogens with zero attached hydrogens (tertiary/aromatic N) is 6. The number of amides is 1. The molecular formula is C16H17N7O. The lowest BCUT2D eigenvalue weighted by atomic mass is 10.1. The summed E-state index contributed by atoms with van der Waals surface area (Å²) in [7, 11) is 0. The van der Waals surface area contributed by atoms with Crippen LogP contribution in [0.5, 0.6) is 0 Å². The normalized spacial score (nSPS) is 14.2. The van der Waals surface area contributed by atoms with Gasteiger partial charge >= 0.3 is 0 Å². The van der Waals surface area contributed by atoms with Crippen LogP contribution in [0.2, 0.25) is 0 Å². The molecule has 1 fully saturated rings. The summed E-state index contributed by atoms with van der Waals surface area (Å²) in [6, 6.07) is 11.4. The molecule has 8 heteroatoms. The van der Waals surface area contributed by atoms with Crippen LogP contribution in [0.4, 0.5) is 11.5 Å². The molecule has 8 nitrogen and oxygen atoms in total. The number of tetrazole rings is 1. The number of hydrogen-bond acceptors (Lipinski definition) is 6. The summed E-state index contributed by atoms with van der Waals surface area (Å²) >= 11 is 0. The molecule has 122 valence electrons. The minimum atomic E-state index is 0.207. The van der Waals surface area contributed by atoms with Gasteiger partial charge in [0.25, 0.3) is 0 Å². The number of carbonyl (C=O) groups excluding carboxylic acids is 1. The Morgan fingerprint density at radius 2 is 1.88 bits per heavy atom. The van der Waals surface area contributed by atoms with Gasteiger partial charge in [-0.15, -0.1) is 14.8 Å². The van der Waals surface area contributed by atoms with Crippen LogP contribution in [-0.4, -0.2) is 49.2 Å². The van der Waals surface area contributed by atoms with Gasteiger partial charge in [0.2, 0.25) is 5.91 Å². The molecule has 0 atom stereocenters. The van der Waals surface area contributed by atoms with E-state index < -0.39 is 0 Å². The van der Waals surface area contributed by atoms with Gasteiger partial charge < -0.3 is 10.2 Å². The van der Waals surface area contributed by atoms with Gasteiger partial charge in [-0.2, -0.15) is 0 Å². The maximum absolute atomic E-state index is 12.2. The molecule has 1 N–H and O–H groups in total. The van der Waals surface area contributed by atoms with Crippen molar-refractivity contribution in [1.29, 1.82) is 0 Å². The number of likely N-dealkylation sites (tertiary alicyclic amines) is 1. The Morgan fingerprint density at radius 1 is 1.08 bits per heavy atom. The van der Waals surface area contributed by atoms with Gasteiger partial charge in [0.05, 0.1) is 6.42 Å². The van der Waals surface area contributed by atoms with E-state index in [-0.39, 0.29) is 5.91 Å². The number of aromatic nitrogens is 5. The summed E-state index contributed by atoms with van der Waals surface area (Å²) < 4.78 is 1.37. The first-order valence-electron chi connectivity index (χ1n) is 7.97. The van der Waals surface area contributed by atoms with Crippen LogP contribution in [0, 0.1) is 0 Å². The van der Waals surface area contributed by atoms with Crippen molar-refractivity contribution in [3.05, 3.63) is 42.0 Å². The fourth-order valence-corrected chi connectivity index (χ4v) is 2.82. The highest BCUT2D eigenvalue weighted by molar-refractivity contribution is 5.79. The number of rotatable bonds is 4. The molecule has 0 unspecified atom stereocenters. The Bertz CT molecular complexity index is 852. The number of carbonyl (C=O) groups is 1. The highest BCUT2D eigenvalue weighted by atomic mass is 16.2. The van der Waals surface area contributed by atoms with Crippen LogP contribution >= 0.6 is 0 Å². The van der Waals surface area contributed by atoms with Crippen molar-refractivity contribution >= 4 is 23.1 Å². The summed E-state index contributed by atoms with van der Waals surface area (Å²) in [5.74, 6) is 0.856.